The summed E-state index contributed by atoms with van der Waals surface area (Å²) in [4.78, 5) is 76.4. The SMILES string of the molecule is Cc1c(C(=O)Nc2ccccc2Cl)cc(-c2ccccc2)n1CCCN1CCOCC1.Cc1cc(C(=O)Nc2ccc(F)c(F)c2)c(C)n1CCN(C)C.Cc1cccc(NC(=O)c2cc(-c3ccccc3)n(CCCN3CCOCC3)c2C)c1.Cc1ccccc1NC(=O)c1cc(-c2ccccc2)n(CCCN2CCOCC2)c1C.Cc1ccccc1NC(=O)c1cc(C)n(CCN2CCCCC2)c1C. The number of nitrogens with one attached hydrogen (secondary N) is 5. The van der Waals surface area contributed by atoms with Gasteiger partial charge in [-0.25, -0.2) is 8.78 Å². The van der Waals surface area contributed by atoms with Crippen LogP contribution in [0.2, 0.25) is 5.02 Å². The fourth-order valence-corrected chi connectivity index (χ4v) is 18.8. The summed E-state index contributed by atoms with van der Waals surface area (Å²) in [6.45, 7) is 42.8. The van der Waals surface area contributed by atoms with Crippen molar-refractivity contribution in [1.82, 2.24) is 47.3 Å². The number of hydrogen-bond donors (Lipinski definition) is 5. The highest BCUT2D eigenvalue weighted by Crippen LogP contribution is 2.34. The van der Waals surface area contributed by atoms with Crippen LogP contribution in [0.5, 0.6) is 0 Å². The number of piperidine rings is 1. The van der Waals surface area contributed by atoms with Gasteiger partial charge in [0.2, 0.25) is 0 Å². The second-order valence-electron chi connectivity index (χ2n) is 37.0. The standard InChI is InChI=1S/2C26H31N3O2.C25H28ClN3O2.C21H29N3O.C17H21F2N3O/c1-20-8-6-11-23(18-20)27-26(30)24-19-25(22-9-4-3-5-10-22)29(21(24)2)13-7-12-28-14-16-31-17-15-28;1-20-9-6-7-12-24(20)27-26(30)23-19-25(22-10-4-3-5-11-22)29(21(23)2)14-8-13-28-15-17-31-18-16-28;1-19-21(25(30)27-23-11-6-5-10-22(23)26)18-24(20-8-3-2-4-9-20)29(19)13-7-12-28-14-16-31-17-15-28;1-16-9-5-6-10-20(16)22-21(25)19-15-17(2)24(18(19)3)14-13-23-11-7-4-8-12-23;1-11-9-14(12(2)22(11)8-7-21(3)4)17(23)20-13-5-6-15(18)16(19)10-13/h3-6,8-11,18-19H,7,12-17H2,1-2H3,(H,27,30);3-7,9-12,19H,8,13-18H2,1-2H3,(H,27,30);2-6,8-11,18H,7,12-17H2,1H3,(H,27,30);5-6,9-10,15H,4,7-8,11-14H2,1-3H3,(H,22,25);5-6,9-10H,7-8H2,1-4H3,(H,20,23). The van der Waals surface area contributed by atoms with Gasteiger partial charge in [0.1, 0.15) is 0 Å². The summed E-state index contributed by atoms with van der Waals surface area (Å²) in [5.74, 6) is -2.55. The van der Waals surface area contributed by atoms with Crippen molar-refractivity contribution in [2.24, 2.45) is 0 Å². The van der Waals surface area contributed by atoms with Gasteiger partial charge < -0.3 is 73.4 Å². The van der Waals surface area contributed by atoms with Gasteiger partial charge in [0.25, 0.3) is 29.5 Å². The Bertz CT molecular complexity index is 6110. The maximum absolute atomic E-state index is 13.2. The Morgan fingerprint density at radius 2 is 0.652 bits per heavy atom. The van der Waals surface area contributed by atoms with Crippen LogP contribution in [-0.2, 0) is 46.9 Å². The van der Waals surface area contributed by atoms with Crippen LogP contribution in [0, 0.1) is 80.9 Å². The van der Waals surface area contributed by atoms with E-state index in [1.807, 2.05) is 239 Å². The number of ether oxygens (including phenoxy) is 3. The molecular weight excluding hydrogens is 1790 g/mol. The van der Waals surface area contributed by atoms with Gasteiger partial charge in [0.15, 0.2) is 11.6 Å². The lowest BCUT2D eigenvalue weighted by molar-refractivity contribution is 0.0369. The van der Waals surface area contributed by atoms with Crippen molar-refractivity contribution >= 4 is 69.6 Å². The second kappa shape index (κ2) is 52.7. The number of likely N-dealkylation sites (tertiary alicyclic amines) is 1. The van der Waals surface area contributed by atoms with Crippen molar-refractivity contribution in [2.75, 3.05) is 165 Å². The Balaban J connectivity index is 0.000000149. The first kappa shape index (κ1) is 106. The number of para-hydroxylation sites is 3. The van der Waals surface area contributed by atoms with Gasteiger partial charge in [-0.3, -0.25) is 38.7 Å². The first-order valence-corrected chi connectivity index (χ1v) is 49.9. The molecule has 0 unspecified atom stereocenters. The molecule has 13 aromatic rings. The summed E-state index contributed by atoms with van der Waals surface area (Å²) in [6, 6.07) is 75.0. The Morgan fingerprint density at radius 3 is 1.04 bits per heavy atom. The van der Waals surface area contributed by atoms with Crippen molar-refractivity contribution in [2.45, 2.75) is 140 Å². The molecule has 4 aliphatic heterocycles. The maximum atomic E-state index is 13.2. The number of morpholine rings is 3. The number of benzene rings is 8. The summed E-state index contributed by atoms with van der Waals surface area (Å²) < 4.78 is 53.7. The Hall–Kier alpha value is -12.7. The van der Waals surface area contributed by atoms with Gasteiger partial charge in [-0.05, 0) is 241 Å². The number of likely N-dealkylation sites (N-methyl/N-ethyl adjacent to an activating group) is 1. The molecule has 0 saturated carbocycles. The fraction of sp³-hybridized carbons (Fsp3) is 0.365. The zero-order chi connectivity index (χ0) is 99.9. The third-order valence-corrected chi connectivity index (χ3v) is 27.1. The number of rotatable bonds is 31. The lowest BCUT2D eigenvalue weighted by Gasteiger charge is -2.27. The highest BCUT2D eigenvalue weighted by Gasteiger charge is 2.27. The summed E-state index contributed by atoms with van der Waals surface area (Å²) >= 11 is 6.24. The first-order valence-electron chi connectivity index (χ1n) is 49.6. The summed E-state index contributed by atoms with van der Waals surface area (Å²) in [6.07, 6.45) is 7.08. The number of halogens is 3. The van der Waals surface area contributed by atoms with Crippen LogP contribution >= 0.6 is 11.6 Å². The number of aromatic nitrogens is 5. The van der Waals surface area contributed by atoms with Crippen LogP contribution in [0.25, 0.3) is 33.8 Å². The van der Waals surface area contributed by atoms with Crippen LogP contribution in [0.4, 0.5) is 37.2 Å². The van der Waals surface area contributed by atoms with Crippen molar-refractivity contribution < 1.29 is 47.0 Å². The van der Waals surface area contributed by atoms with Crippen LogP contribution < -0.4 is 26.6 Å². The maximum Gasteiger partial charge on any atom is 0.257 e. The van der Waals surface area contributed by atoms with E-state index in [2.05, 4.69) is 124 Å². The van der Waals surface area contributed by atoms with E-state index in [9.17, 15) is 32.8 Å². The fourth-order valence-electron chi connectivity index (χ4n) is 18.6. The summed E-state index contributed by atoms with van der Waals surface area (Å²) in [7, 11) is 3.98. The number of amides is 5. The topological polar surface area (TPSA) is 214 Å². The molecule has 9 heterocycles. The normalized spacial score (nSPS) is 14.1. The first-order chi connectivity index (χ1) is 68.2. The van der Waals surface area contributed by atoms with Crippen LogP contribution in [0.3, 0.4) is 0 Å². The van der Waals surface area contributed by atoms with E-state index in [1.54, 1.807) is 12.1 Å². The largest absolute Gasteiger partial charge is 0.379 e. The van der Waals surface area contributed by atoms with Gasteiger partial charge in [0.05, 0.1) is 78.2 Å². The molecule has 0 atom stereocenters. The van der Waals surface area contributed by atoms with E-state index in [0.29, 0.717) is 21.8 Å². The number of carbonyl (C=O) groups is 5. The van der Waals surface area contributed by atoms with E-state index >= 15 is 0 Å². The Morgan fingerprint density at radius 1 is 0.312 bits per heavy atom. The molecule has 5 amide bonds. The molecule has 8 aromatic carbocycles. The third-order valence-electron chi connectivity index (χ3n) is 26.8. The van der Waals surface area contributed by atoms with E-state index in [1.165, 1.54) is 38.4 Å². The number of aryl methyl sites for hydroxylation is 5. The molecule has 17 rings (SSSR count). The minimum Gasteiger partial charge on any atom is -0.379 e. The molecule has 23 nitrogen and oxygen atoms in total. The highest BCUT2D eigenvalue weighted by atomic mass is 35.5. The van der Waals surface area contributed by atoms with Crippen molar-refractivity contribution in [3.8, 4) is 33.8 Å². The molecule has 0 spiro atoms. The Kier molecular flexibility index (Phi) is 39.5. The molecule has 5 aromatic heterocycles. The molecule has 4 fully saturated rings. The number of nitrogens with zero attached hydrogens (tertiary/aromatic N) is 10. The van der Waals surface area contributed by atoms with Gasteiger partial charge in [-0.1, -0.05) is 170 Å². The van der Waals surface area contributed by atoms with Crippen LogP contribution in [-0.4, -0.2) is 216 Å². The van der Waals surface area contributed by atoms with Gasteiger partial charge in [0, 0.05) is 190 Å². The predicted molar refractivity (Wildman–Crippen MR) is 567 cm³/mol. The van der Waals surface area contributed by atoms with Crippen molar-refractivity contribution in [3.63, 3.8) is 0 Å². The average Bonchev–Trinajstić information content (AvgIpc) is 1.65. The lowest BCUT2D eigenvalue weighted by Crippen LogP contribution is -2.37. The molecule has 4 saturated heterocycles. The molecule has 26 heteroatoms. The molecule has 0 radical (unpaired) electrons. The second-order valence-corrected chi connectivity index (χ2v) is 37.4. The monoisotopic (exact) mass is 1930 g/mol. The Labute approximate surface area is 836 Å². The molecular formula is C115H140ClF2N15O8. The smallest absolute Gasteiger partial charge is 0.257 e. The molecule has 744 valence electrons. The van der Waals surface area contributed by atoms with E-state index < -0.39 is 11.6 Å². The average molecular weight is 1930 g/mol. The summed E-state index contributed by atoms with van der Waals surface area (Å²) in [5, 5.41) is 15.3. The van der Waals surface area contributed by atoms with E-state index in [-0.39, 0.29) is 35.2 Å². The number of hydrogen-bond acceptors (Lipinski definition) is 13. The van der Waals surface area contributed by atoms with Crippen molar-refractivity contribution in [3.05, 3.63) is 338 Å². The van der Waals surface area contributed by atoms with Crippen LogP contribution in [0.15, 0.2) is 237 Å². The molecule has 0 aliphatic carbocycles. The minimum atomic E-state index is -0.987. The zero-order valence-corrected chi connectivity index (χ0v) is 84.9. The summed E-state index contributed by atoms with van der Waals surface area (Å²) in [5.41, 5.74) is 23.7. The zero-order valence-electron chi connectivity index (χ0n) is 84.1. The van der Waals surface area contributed by atoms with Gasteiger partial charge >= 0.3 is 0 Å². The molecule has 0 bridgehead atoms. The van der Waals surface area contributed by atoms with Crippen LogP contribution in [0.1, 0.15) is 147 Å². The quantitative estimate of drug-likeness (QED) is 0.0274. The van der Waals surface area contributed by atoms with Gasteiger partial charge in [-0.2, -0.15) is 0 Å². The van der Waals surface area contributed by atoms with Gasteiger partial charge in [-0.15, -0.1) is 0 Å². The third kappa shape index (κ3) is 29.7. The number of anilines is 5. The molecule has 141 heavy (non-hydrogen) atoms. The highest BCUT2D eigenvalue weighted by molar-refractivity contribution is 6.34. The van der Waals surface area contributed by atoms with E-state index in [0.717, 1.165) is 300 Å². The predicted octanol–water partition coefficient (Wildman–Crippen LogP) is 21.9. The lowest BCUT2D eigenvalue weighted by atomic mass is 10.1. The minimum absolute atomic E-state index is 0.0216. The molecule has 4 aliphatic rings. The molecule has 5 N–H and O–H groups in total. The van der Waals surface area contributed by atoms with E-state index in [4.69, 9.17) is 25.8 Å². The van der Waals surface area contributed by atoms with Crippen molar-refractivity contribution in [1.29, 1.82) is 0 Å². The number of carbonyl (C=O) groups excluding carboxylic acids is 5.